The van der Waals surface area contributed by atoms with Gasteiger partial charge in [0.1, 0.15) is 11.6 Å². The molecule has 0 saturated heterocycles. The van der Waals surface area contributed by atoms with Gasteiger partial charge in [-0.15, -0.1) is 0 Å². The van der Waals surface area contributed by atoms with E-state index in [1.165, 1.54) is 22.9 Å². The van der Waals surface area contributed by atoms with Crippen LogP contribution in [0.5, 0.6) is 5.75 Å². The number of para-hydroxylation sites is 1. The van der Waals surface area contributed by atoms with E-state index in [4.69, 9.17) is 40.1 Å². The van der Waals surface area contributed by atoms with Crippen molar-refractivity contribution in [2.24, 2.45) is 5.41 Å². The zero-order valence-corrected chi connectivity index (χ0v) is 39.3. The van der Waals surface area contributed by atoms with Crippen molar-refractivity contribution in [3.05, 3.63) is 167 Å². The van der Waals surface area contributed by atoms with Crippen molar-refractivity contribution >= 4 is 11.0 Å². The summed E-state index contributed by atoms with van der Waals surface area (Å²) in [6, 6.07) is 26.8. The lowest BCUT2D eigenvalue weighted by Gasteiger charge is -2.28. The average molecular weight is 910 g/mol. The predicted molar refractivity (Wildman–Crippen MR) is 286 cm³/mol. The molecule has 4 heteroatoms. The third-order valence-electron chi connectivity index (χ3n) is 11.5. The van der Waals surface area contributed by atoms with E-state index >= 15 is 0 Å². The van der Waals surface area contributed by atoms with Gasteiger partial charge in [-0.2, -0.15) is 0 Å². The van der Waals surface area contributed by atoms with Crippen LogP contribution < -0.4 is 0 Å². The minimum Gasteiger partial charge on any atom is -0.507 e. The van der Waals surface area contributed by atoms with Crippen LogP contribution in [0.3, 0.4) is 0 Å². The van der Waals surface area contributed by atoms with Crippen molar-refractivity contribution < 1.29 is 38.0 Å². The number of benzene rings is 6. The number of nitrogens with zero attached hydrogens (tertiary/aromatic N) is 3. The summed E-state index contributed by atoms with van der Waals surface area (Å²) in [6.45, 7) is -9.20. The molecule has 0 saturated carbocycles. The lowest BCUT2D eigenvalue weighted by molar-refractivity contribution is 0.411. The first kappa shape index (κ1) is 25.8. The highest BCUT2D eigenvalue weighted by Gasteiger charge is 2.30. The number of pyridine rings is 1. The third kappa shape index (κ3) is 9.91. The van der Waals surface area contributed by atoms with E-state index in [0.717, 1.165) is 11.1 Å². The Balaban J connectivity index is 1.62. The second kappa shape index (κ2) is 17.1. The highest BCUT2D eigenvalue weighted by atomic mass is 16.3. The molecule has 8 aromatic rings. The van der Waals surface area contributed by atoms with Gasteiger partial charge in [0.15, 0.2) is 0 Å². The van der Waals surface area contributed by atoms with Gasteiger partial charge >= 0.3 is 0 Å². The molecule has 344 valence electrons. The average Bonchev–Trinajstić information content (AvgIpc) is 1.12. The van der Waals surface area contributed by atoms with Crippen molar-refractivity contribution in [2.45, 2.75) is 131 Å². The lowest BCUT2D eigenvalue weighted by atomic mass is 9.79. The van der Waals surface area contributed by atoms with Crippen LogP contribution in [0.25, 0.3) is 72.7 Å². The Morgan fingerprint density at radius 3 is 1.91 bits per heavy atom. The largest absolute Gasteiger partial charge is 0.507 e. The molecule has 1 N–H and O–H groups in total. The number of fused-ring (bicyclic) bond motifs is 1. The summed E-state index contributed by atoms with van der Waals surface area (Å²) < 4.78 is 216. The molecule has 2 heterocycles. The Morgan fingerprint density at radius 2 is 1.25 bits per heavy atom. The molecule has 0 aliphatic heterocycles. The first-order chi connectivity index (χ1) is 41.2. The van der Waals surface area contributed by atoms with Gasteiger partial charge in [0.05, 0.1) is 33.5 Å². The number of aromatic hydroxyl groups is 1. The highest BCUT2D eigenvalue weighted by molar-refractivity contribution is 5.98. The summed E-state index contributed by atoms with van der Waals surface area (Å²) in [6.07, 6.45) is -0.392. The SMILES string of the molecule is [2H]c1cc(C([2H])([2H])C(C)(C)C)cc([2H])c1-c1ccnc(-c2cc(-c3cccc4c3nc(-c3c([2H])c(C(C([2H])([2H])[2H])(C([2H])([2H])[2H])C([2H])([2H])[2H])c([2H])c(C(C([2H])([2H])[2H])(C([2H])([2H])[2H])C([2H])([2H])[2H])c3O)n4-c3ccc(C(C)(C)C)cc3-c3ccccc3)cc(C(C)(C)C)c2)c1. The fourth-order valence-corrected chi connectivity index (χ4v) is 8.10. The molecule has 4 nitrogen and oxygen atoms in total. The second-order valence-corrected chi connectivity index (χ2v) is 20.3. The predicted octanol–water partition coefficient (Wildman–Crippen LogP) is 17.2. The quantitative estimate of drug-likeness (QED) is 0.173. The number of imidazole rings is 1. The molecule has 0 radical (unpaired) electrons. The standard InChI is InChI=1S/C63H71N3O/c1-59(2,3)39-40-24-26-41(27-25-40)43-30-31-64-53(35-43)45-32-44(33-47(34-45)61(7,8)9)49-22-19-23-55-56(49)65-58(51-37-48(62(10,11)12)38-52(57(51)67)63(13,14)15)66(55)54-29-28-46(60(4,5)6)36-50(54)42-20-17-16-18-21-42/h16-38,67H,39H2,1-15H3/i10D3,11D3,12D3,13D3,14D3,15D3,26D,27D,37D,38D,39D2. The van der Waals surface area contributed by atoms with Crippen LogP contribution in [-0.2, 0) is 28.0 Å². The molecule has 0 atom stereocenters. The van der Waals surface area contributed by atoms with Gasteiger partial charge < -0.3 is 5.11 Å². The van der Waals surface area contributed by atoms with Gasteiger partial charge in [0, 0.05) is 55.9 Å². The summed E-state index contributed by atoms with van der Waals surface area (Å²) in [5.41, 5.74) is -10.8. The summed E-state index contributed by atoms with van der Waals surface area (Å²) >= 11 is 0. The maximum absolute atomic E-state index is 13.2. The first-order valence-electron chi connectivity index (χ1n) is 34.1. The van der Waals surface area contributed by atoms with Crippen LogP contribution >= 0.6 is 0 Å². The molecule has 0 fully saturated rings. The van der Waals surface area contributed by atoms with Gasteiger partial charge in [0.2, 0.25) is 0 Å². The van der Waals surface area contributed by atoms with Crippen molar-refractivity contribution in [2.75, 3.05) is 0 Å². The van der Waals surface area contributed by atoms with Crippen molar-refractivity contribution in [1.29, 1.82) is 0 Å². The fraction of sp³-hybridized carbons (Fsp3) is 0.333. The number of hydrogen-bond acceptors (Lipinski definition) is 3. The van der Waals surface area contributed by atoms with Crippen LogP contribution in [-0.4, -0.2) is 19.6 Å². The number of phenols is 1. The Kier molecular flexibility index (Phi) is 6.58. The van der Waals surface area contributed by atoms with Gasteiger partial charge in [-0.3, -0.25) is 9.55 Å². The second-order valence-electron chi connectivity index (χ2n) is 20.3. The molecule has 6 aromatic carbocycles. The van der Waals surface area contributed by atoms with E-state index in [1.54, 1.807) is 99.6 Å². The van der Waals surface area contributed by atoms with Crippen LogP contribution in [0.15, 0.2) is 140 Å². The van der Waals surface area contributed by atoms with E-state index < -0.39 is 115 Å². The van der Waals surface area contributed by atoms with E-state index in [2.05, 4.69) is 0 Å². The molecular weight excluding hydrogens is 815 g/mol. The minimum absolute atomic E-state index is 0.0117. The Morgan fingerprint density at radius 1 is 0.567 bits per heavy atom. The molecule has 8 rings (SSSR count). The zero-order valence-electron chi connectivity index (χ0n) is 63.3. The lowest BCUT2D eigenvalue weighted by Crippen LogP contribution is -2.17. The van der Waals surface area contributed by atoms with E-state index in [1.807, 2.05) is 59.7 Å². The van der Waals surface area contributed by atoms with E-state index in [0.29, 0.717) is 33.5 Å². The van der Waals surface area contributed by atoms with Crippen LogP contribution in [0.1, 0.15) is 164 Å². The summed E-state index contributed by atoms with van der Waals surface area (Å²) in [5, 5.41) is 13.2. The molecule has 67 heavy (non-hydrogen) atoms. The van der Waals surface area contributed by atoms with Gasteiger partial charge in [-0.05, 0) is 126 Å². The summed E-state index contributed by atoms with van der Waals surface area (Å²) in [4.78, 5) is 9.86. The monoisotopic (exact) mass is 910 g/mol. The number of phenolic OH excluding ortho intramolecular Hbond substituents is 1. The van der Waals surface area contributed by atoms with Crippen LogP contribution in [0.2, 0.25) is 0 Å². The van der Waals surface area contributed by atoms with Crippen molar-refractivity contribution in [3.63, 3.8) is 0 Å². The first-order valence-corrected chi connectivity index (χ1v) is 22.1. The van der Waals surface area contributed by atoms with Crippen molar-refractivity contribution in [3.8, 4) is 67.5 Å². The molecule has 0 aliphatic rings. The minimum atomic E-state index is -4.47. The number of hydrogen-bond donors (Lipinski definition) is 1. The van der Waals surface area contributed by atoms with Crippen LogP contribution in [0.4, 0.5) is 0 Å². The topological polar surface area (TPSA) is 50.9 Å². The molecule has 0 spiro atoms. The number of aromatic nitrogens is 3. The molecule has 0 aliphatic carbocycles. The van der Waals surface area contributed by atoms with E-state index in [-0.39, 0.29) is 45.5 Å². The van der Waals surface area contributed by atoms with Gasteiger partial charge in [-0.25, -0.2) is 4.98 Å². The summed E-state index contributed by atoms with van der Waals surface area (Å²) in [7, 11) is 0. The maximum atomic E-state index is 13.2. The van der Waals surface area contributed by atoms with Crippen LogP contribution in [0, 0.1) is 5.41 Å². The molecule has 0 bridgehead atoms. The van der Waals surface area contributed by atoms with Gasteiger partial charge in [0.25, 0.3) is 0 Å². The fourth-order valence-electron chi connectivity index (χ4n) is 8.10. The molecular formula is C63H71N3O. The highest BCUT2D eigenvalue weighted by Crippen LogP contribution is 2.46. The smallest absolute Gasteiger partial charge is 0.149 e. The van der Waals surface area contributed by atoms with Gasteiger partial charge in [-0.1, -0.05) is 188 Å². The Labute approximate surface area is 434 Å². The normalized spacial score (nSPS) is 19.4. The van der Waals surface area contributed by atoms with E-state index in [9.17, 15) is 7.85 Å². The third-order valence-corrected chi connectivity index (χ3v) is 11.5. The Hall–Kier alpha value is -6.26. The zero-order chi connectivity index (χ0) is 68.7. The number of rotatable bonds is 7. The summed E-state index contributed by atoms with van der Waals surface area (Å²) in [5.74, 6) is -2.44. The molecule has 2 aromatic heterocycles. The molecule has 0 unspecified atom stereocenters. The molecule has 0 amide bonds. The maximum Gasteiger partial charge on any atom is 0.149 e. The van der Waals surface area contributed by atoms with Crippen molar-refractivity contribution in [1.82, 2.24) is 14.5 Å². The Bertz CT molecular complexity index is 3950.